The van der Waals surface area contributed by atoms with E-state index in [2.05, 4.69) is 16.9 Å². The zero-order valence-electron chi connectivity index (χ0n) is 11.4. The molecule has 1 N–H and O–H groups in total. The molecule has 106 valence electrons. The number of nitrogens with one attached hydrogen (secondary N) is 1. The van der Waals surface area contributed by atoms with Gasteiger partial charge in [0.1, 0.15) is 0 Å². The largest absolute Gasteiger partial charge is 0.466 e. The first-order chi connectivity index (χ1) is 9.15. The topological polar surface area (TPSA) is 72.0 Å². The molecule has 19 heavy (non-hydrogen) atoms. The molecule has 0 bridgehead atoms. The second-order valence-corrected chi connectivity index (χ2v) is 5.13. The molecule has 0 saturated heterocycles. The third-order valence-electron chi connectivity index (χ3n) is 2.35. The summed E-state index contributed by atoms with van der Waals surface area (Å²) >= 11 is 1.46. The standard InChI is InChI=1S/C13H20N2O3S/c1-3-6-10-9-11(16)15-13(14-10)19-8-5-7-12(17)18-4-2/h9H,3-8H2,1-2H3,(H,14,15,16). The predicted octanol–water partition coefficient (Wildman–Crippen LogP) is 2.16. The minimum Gasteiger partial charge on any atom is -0.466 e. The van der Waals surface area contributed by atoms with Gasteiger partial charge in [0.05, 0.1) is 6.61 Å². The number of aryl methyl sites for hydroxylation is 1. The van der Waals surface area contributed by atoms with Crippen LogP contribution in [-0.4, -0.2) is 28.3 Å². The Kier molecular flexibility index (Phi) is 7.25. The first-order valence-electron chi connectivity index (χ1n) is 6.54. The summed E-state index contributed by atoms with van der Waals surface area (Å²) in [7, 11) is 0. The van der Waals surface area contributed by atoms with Gasteiger partial charge in [-0.25, -0.2) is 4.98 Å². The van der Waals surface area contributed by atoms with E-state index in [-0.39, 0.29) is 11.5 Å². The number of esters is 1. The maximum Gasteiger partial charge on any atom is 0.305 e. The van der Waals surface area contributed by atoms with E-state index in [4.69, 9.17) is 4.74 Å². The van der Waals surface area contributed by atoms with Crippen LogP contribution in [0.1, 0.15) is 38.8 Å². The number of aromatic amines is 1. The zero-order chi connectivity index (χ0) is 14.1. The molecule has 1 heterocycles. The molecule has 0 fully saturated rings. The van der Waals surface area contributed by atoms with E-state index in [1.165, 1.54) is 17.8 Å². The Morgan fingerprint density at radius 1 is 1.47 bits per heavy atom. The van der Waals surface area contributed by atoms with Crippen molar-refractivity contribution in [1.82, 2.24) is 9.97 Å². The summed E-state index contributed by atoms with van der Waals surface area (Å²) in [6.07, 6.45) is 2.88. The van der Waals surface area contributed by atoms with Gasteiger partial charge in [-0.15, -0.1) is 0 Å². The Bertz CT molecular complexity index is 459. The highest BCUT2D eigenvalue weighted by Gasteiger charge is 2.04. The Labute approximate surface area is 117 Å². The van der Waals surface area contributed by atoms with Crippen molar-refractivity contribution in [3.8, 4) is 0 Å². The van der Waals surface area contributed by atoms with Crippen molar-refractivity contribution in [2.24, 2.45) is 0 Å². The van der Waals surface area contributed by atoms with Gasteiger partial charge in [-0.2, -0.15) is 0 Å². The number of carbonyl (C=O) groups is 1. The fraction of sp³-hybridized carbons (Fsp3) is 0.615. The summed E-state index contributed by atoms with van der Waals surface area (Å²) in [4.78, 5) is 29.6. The minimum absolute atomic E-state index is 0.119. The monoisotopic (exact) mass is 284 g/mol. The lowest BCUT2D eigenvalue weighted by atomic mass is 10.2. The maximum atomic E-state index is 11.4. The summed E-state index contributed by atoms with van der Waals surface area (Å²) in [6, 6.07) is 1.53. The van der Waals surface area contributed by atoms with E-state index >= 15 is 0 Å². The number of nitrogens with zero attached hydrogens (tertiary/aromatic N) is 1. The van der Waals surface area contributed by atoms with Gasteiger partial charge < -0.3 is 9.72 Å². The van der Waals surface area contributed by atoms with Crippen molar-refractivity contribution in [3.05, 3.63) is 22.1 Å². The molecule has 1 aromatic heterocycles. The molecule has 0 aromatic carbocycles. The van der Waals surface area contributed by atoms with E-state index in [0.717, 1.165) is 24.3 Å². The van der Waals surface area contributed by atoms with Crippen molar-refractivity contribution >= 4 is 17.7 Å². The van der Waals surface area contributed by atoms with Crippen LogP contribution in [0.5, 0.6) is 0 Å². The highest BCUT2D eigenvalue weighted by molar-refractivity contribution is 7.99. The molecule has 6 heteroatoms. The van der Waals surface area contributed by atoms with Gasteiger partial charge in [0.15, 0.2) is 5.16 Å². The Morgan fingerprint density at radius 2 is 2.26 bits per heavy atom. The van der Waals surface area contributed by atoms with E-state index < -0.39 is 0 Å². The van der Waals surface area contributed by atoms with Crippen LogP contribution in [-0.2, 0) is 16.0 Å². The summed E-state index contributed by atoms with van der Waals surface area (Å²) < 4.78 is 4.84. The number of hydrogen-bond acceptors (Lipinski definition) is 5. The van der Waals surface area contributed by atoms with E-state index in [1.807, 2.05) is 0 Å². The van der Waals surface area contributed by atoms with Gasteiger partial charge >= 0.3 is 5.97 Å². The van der Waals surface area contributed by atoms with Crippen LogP contribution in [0.3, 0.4) is 0 Å². The number of ether oxygens (including phenoxy) is 1. The van der Waals surface area contributed by atoms with Gasteiger partial charge in [0.2, 0.25) is 0 Å². The second-order valence-electron chi connectivity index (χ2n) is 4.05. The van der Waals surface area contributed by atoms with Gasteiger partial charge in [0, 0.05) is 23.9 Å². The smallest absolute Gasteiger partial charge is 0.305 e. The van der Waals surface area contributed by atoms with Gasteiger partial charge in [-0.05, 0) is 19.8 Å². The Balaban J connectivity index is 2.40. The van der Waals surface area contributed by atoms with E-state index in [9.17, 15) is 9.59 Å². The number of carbonyl (C=O) groups excluding carboxylic acids is 1. The van der Waals surface area contributed by atoms with Gasteiger partial charge in [-0.3, -0.25) is 9.59 Å². The predicted molar refractivity (Wildman–Crippen MR) is 75.4 cm³/mol. The van der Waals surface area contributed by atoms with E-state index in [0.29, 0.717) is 24.6 Å². The van der Waals surface area contributed by atoms with Crippen molar-refractivity contribution in [3.63, 3.8) is 0 Å². The molecule has 0 spiro atoms. The third-order valence-corrected chi connectivity index (χ3v) is 3.31. The maximum absolute atomic E-state index is 11.4. The molecule has 5 nitrogen and oxygen atoms in total. The summed E-state index contributed by atoms with van der Waals surface area (Å²) in [5, 5.41) is 0.625. The van der Waals surface area contributed by atoms with Crippen molar-refractivity contribution in [1.29, 1.82) is 0 Å². The minimum atomic E-state index is -0.177. The summed E-state index contributed by atoms with van der Waals surface area (Å²) in [5.74, 6) is 0.557. The highest BCUT2D eigenvalue weighted by Crippen LogP contribution is 2.14. The first kappa shape index (κ1) is 15.8. The quantitative estimate of drug-likeness (QED) is 0.343. The van der Waals surface area contributed by atoms with E-state index in [1.54, 1.807) is 6.92 Å². The molecule has 0 radical (unpaired) electrons. The number of rotatable bonds is 8. The number of thioether (sulfide) groups is 1. The molecule has 0 unspecified atom stereocenters. The lowest BCUT2D eigenvalue weighted by molar-refractivity contribution is -0.143. The molecule has 0 atom stereocenters. The number of hydrogen-bond donors (Lipinski definition) is 1. The van der Waals surface area contributed by atoms with Crippen LogP contribution < -0.4 is 5.56 Å². The SMILES string of the molecule is CCCc1cc(=O)[nH]c(SCCCC(=O)OCC)n1. The zero-order valence-corrected chi connectivity index (χ0v) is 12.2. The second kappa shape index (κ2) is 8.74. The Hall–Kier alpha value is -1.30. The number of H-pyrrole nitrogens is 1. The molecular formula is C13H20N2O3S. The summed E-state index contributed by atoms with van der Waals surface area (Å²) in [6.45, 7) is 4.26. The Morgan fingerprint density at radius 3 is 2.95 bits per heavy atom. The van der Waals surface area contributed by atoms with Crippen LogP contribution in [0.25, 0.3) is 0 Å². The lowest BCUT2D eigenvalue weighted by Gasteiger charge is -2.03. The molecule has 1 rings (SSSR count). The molecule has 0 aliphatic carbocycles. The third kappa shape index (κ3) is 6.42. The average molecular weight is 284 g/mol. The molecular weight excluding hydrogens is 264 g/mol. The molecule has 0 aliphatic heterocycles. The number of aromatic nitrogens is 2. The van der Waals surface area contributed by atoms with Crippen LogP contribution in [0, 0.1) is 0 Å². The van der Waals surface area contributed by atoms with Gasteiger partial charge in [0.25, 0.3) is 5.56 Å². The highest BCUT2D eigenvalue weighted by atomic mass is 32.2. The normalized spacial score (nSPS) is 10.4. The molecule has 0 saturated carbocycles. The summed E-state index contributed by atoms with van der Waals surface area (Å²) in [5.41, 5.74) is 0.700. The van der Waals surface area contributed by atoms with Crippen molar-refractivity contribution < 1.29 is 9.53 Å². The van der Waals surface area contributed by atoms with Crippen LogP contribution in [0.2, 0.25) is 0 Å². The first-order valence-corrected chi connectivity index (χ1v) is 7.53. The van der Waals surface area contributed by atoms with Crippen molar-refractivity contribution in [2.75, 3.05) is 12.4 Å². The van der Waals surface area contributed by atoms with Gasteiger partial charge in [-0.1, -0.05) is 25.1 Å². The lowest BCUT2D eigenvalue weighted by Crippen LogP contribution is -2.10. The molecule has 0 aliphatic rings. The fourth-order valence-corrected chi connectivity index (χ4v) is 2.39. The van der Waals surface area contributed by atoms with Crippen LogP contribution in [0.4, 0.5) is 0 Å². The van der Waals surface area contributed by atoms with Crippen LogP contribution >= 0.6 is 11.8 Å². The van der Waals surface area contributed by atoms with Crippen molar-refractivity contribution in [2.45, 2.75) is 44.7 Å². The fourth-order valence-electron chi connectivity index (χ4n) is 1.55. The molecule has 1 aromatic rings. The average Bonchev–Trinajstić information content (AvgIpc) is 2.35. The van der Waals surface area contributed by atoms with Crippen LogP contribution in [0.15, 0.2) is 16.0 Å². The molecule has 0 amide bonds.